The largest absolute Gasteiger partial charge is 0.492 e. The Hall–Kier alpha value is -1.75. The van der Waals surface area contributed by atoms with Crippen LogP contribution < -0.4 is 15.8 Å². The van der Waals surface area contributed by atoms with Gasteiger partial charge in [-0.05, 0) is 37.1 Å². The van der Waals surface area contributed by atoms with Crippen LogP contribution in [0.25, 0.3) is 0 Å². The summed E-state index contributed by atoms with van der Waals surface area (Å²) in [6.07, 6.45) is 3.91. The Labute approximate surface area is 107 Å². The topological polar surface area (TPSA) is 79.9 Å². The molecule has 4 N–H and O–H groups in total. The Morgan fingerprint density at radius 3 is 2.67 bits per heavy atom. The van der Waals surface area contributed by atoms with Gasteiger partial charge in [-0.3, -0.25) is 0 Å². The van der Waals surface area contributed by atoms with E-state index >= 15 is 0 Å². The van der Waals surface area contributed by atoms with Crippen molar-refractivity contribution in [1.82, 2.24) is 5.32 Å². The van der Waals surface area contributed by atoms with Crippen LogP contribution in [-0.4, -0.2) is 30.2 Å². The van der Waals surface area contributed by atoms with Crippen molar-refractivity contribution in [2.75, 3.05) is 13.2 Å². The van der Waals surface area contributed by atoms with E-state index in [1.54, 1.807) is 12.1 Å². The van der Waals surface area contributed by atoms with Gasteiger partial charge >= 0.3 is 0 Å². The summed E-state index contributed by atoms with van der Waals surface area (Å²) in [5.41, 5.74) is 6.15. The van der Waals surface area contributed by atoms with Crippen LogP contribution in [0, 0.1) is 0 Å². The lowest BCUT2D eigenvalue weighted by atomic mass is 9.93. The number of ether oxygens (including phenoxy) is 1. The van der Waals surface area contributed by atoms with Crippen LogP contribution in [0.2, 0.25) is 0 Å². The van der Waals surface area contributed by atoms with Gasteiger partial charge in [0.15, 0.2) is 5.84 Å². The van der Waals surface area contributed by atoms with E-state index < -0.39 is 0 Å². The van der Waals surface area contributed by atoms with Crippen molar-refractivity contribution < 1.29 is 9.94 Å². The highest BCUT2D eigenvalue weighted by atomic mass is 16.5. The number of benzene rings is 1. The number of amidine groups is 1. The average molecular weight is 249 g/mol. The van der Waals surface area contributed by atoms with E-state index in [4.69, 9.17) is 15.7 Å². The van der Waals surface area contributed by atoms with E-state index in [1.165, 1.54) is 19.3 Å². The minimum absolute atomic E-state index is 0.105. The highest BCUT2D eigenvalue weighted by Crippen LogP contribution is 2.17. The van der Waals surface area contributed by atoms with Gasteiger partial charge in [0.1, 0.15) is 12.4 Å². The summed E-state index contributed by atoms with van der Waals surface area (Å²) in [5.74, 6) is 0.896. The van der Waals surface area contributed by atoms with Gasteiger partial charge < -0.3 is 21.0 Å². The third-order valence-electron chi connectivity index (χ3n) is 3.17. The van der Waals surface area contributed by atoms with Crippen LogP contribution in [0.15, 0.2) is 29.4 Å². The van der Waals surface area contributed by atoms with Crippen LogP contribution in [0.4, 0.5) is 0 Å². The summed E-state index contributed by atoms with van der Waals surface area (Å²) in [6, 6.07) is 7.86. The Morgan fingerprint density at radius 1 is 1.39 bits per heavy atom. The van der Waals surface area contributed by atoms with Crippen molar-refractivity contribution in [2.45, 2.75) is 25.3 Å². The van der Waals surface area contributed by atoms with Crippen molar-refractivity contribution in [1.29, 1.82) is 0 Å². The molecule has 0 saturated heterocycles. The van der Waals surface area contributed by atoms with E-state index in [1.807, 2.05) is 12.1 Å². The molecule has 98 valence electrons. The van der Waals surface area contributed by atoms with Crippen LogP contribution in [-0.2, 0) is 0 Å². The number of nitrogens with two attached hydrogens (primary N) is 1. The van der Waals surface area contributed by atoms with Gasteiger partial charge in [-0.1, -0.05) is 11.6 Å². The van der Waals surface area contributed by atoms with E-state index in [-0.39, 0.29) is 5.84 Å². The lowest BCUT2D eigenvalue weighted by Crippen LogP contribution is -2.37. The lowest BCUT2D eigenvalue weighted by Gasteiger charge is -2.26. The molecule has 5 heteroatoms. The number of nitrogens with zero attached hydrogens (tertiary/aromatic N) is 1. The number of hydrogen-bond donors (Lipinski definition) is 3. The normalized spacial score (nSPS) is 16.3. The quantitative estimate of drug-likeness (QED) is 0.233. The SMILES string of the molecule is NC(=NO)c1ccc(OCCNC2CCC2)cc1. The fourth-order valence-corrected chi connectivity index (χ4v) is 1.82. The summed E-state index contributed by atoms with van der Waals surface area (Å²) in [5, 5.41) is 14.9. The van der Waals surface area contributed by atoms with E-state index in [0.717, 1.165) is 12.3 Å². The summed E-state index contributed by atoms with van der Waals surface area (Å²) in [4.78, 5) is 0. The monoisotopic (exact) mass is 249 g/mol. The molecule has 2 rings (SSSR count). The molecule has 1 aliphatic rings. The molecule has 1 aromatic carbocycles. The zero-order valence-corrected chi connectivity index (χ0v) is 10.3. The highest BCUT2D eigenvalue weighted by Gasteiger charge is 2.15. The predicted molar refractivity (Wildman–Crippen MR) is 70.1 cm³/mol. The lowest BCUT2D eigenvalue weighted by molar-refractivity contribution is 0.276. The Bertz CT molecular complexity index is 399. The van der Waals surface area contributed by atoms with Crippen molar-refractivity contribution >= 4 is 5.84 Å². The fraction of sp³-hybridized carbons (Fsp3) is 0.462. The molecule has 1 fully saturated rings. The Kier molecular flexibility index (Phi) is 4.41. The maximum Gasteiger partial charge on any atom is 0.170 e. The summed E-state index contributed by atoms with van der Waals surface area (Å²) >= 11 is 0. The Balaban J connectivity index is 1.72. The Morgan fingerprint density at radius 2 is 2.11 bits per heavy atom. The first kappa shape index (κ1) is 12.7. The number of oxime groups is 1. The minimum Gasteiger partial charge on any atom is -0.492 e. The van der Waals surface area contributed by atoms with Gasteiger partial charge in [0, 0.05) is 18.2 Å². The molecule has 1 saturated carbocycles. The zero-order valence-electron chi connectivity index (χ0n) is 10.3. The molecular weight excluding hydrogens is 230 g/mol. The van der Waals surface area contributed by atoms with E-state index in [2.05, 4.69) is 10.5 Å². The molecule has 1 aromatic rings. The average Bonchev–Trinajstić information content (AvgIpc) is 2.36. The second kappa shape index (κ2) is 6.26. The van der Waals surface area contributed by atoms with Gasteiger partial charge in [-0.15, -0.1) is 0 Å². The van der Waals surface area contributed by atoms with Crippen molar-refractivity contribution in [3.05, 3.63) is 29.8 Å². The molecule has 0 unspecified atom stereocenters. The van der Waals surface area contributed by atoms with Crippen molar-refractivity contribution in [3.63, 3.8) is 0 Å². The molecule has 0 spiro atoms. The number of hydrogen-bond acceptors (Lipinski definition) is 4. The van der Waals surface area contributed by atoms with Gasteiger partial charge in [0.2, 0.25) is 0 Å². The summed E-state index contributed by atoms with van der Waals surface area (Å²) < 4.78 is 5.59. The summed E-state index contributed by atoms with van der Waals surface area (Å²) in [7, 11) is 0. The number of rotatable bonds is 6. The first-order valence-electron chi connectivity index (χ1n) is 6.24. The van der Waals surface area contributed by atoms with E-state index in [0.29, 0.717) is 18.2 Å². The van der Waals surface area contributed by atoms with Crippen LogP contribution in [0.3, 0.4) is 0 Å². The standard InChI is InChI=1S/C13H19N3O2/c14-13(16-17)10-4-6-12(7-5-10)18-9-8-15-11-2-1-3-11/h4-7,11,15,17H,1-3,8-9H2,(H2,14,16). The third-order valence-corrected chi connectivity index (χ3v) is 3.17. The molecule has 0 bridgehead atoms. The number of nitrogens with one attached hydrogen (secondary N) is 1. The molecule has 18 heavy (non-hydrogen) atoms. The second-order valence-corrected chi connectivity index (χ2v) is 4.44. The first-order chi connectivity index (χ1) is 8.79. The molecule has 0 aliphatic heterocycles. The maximum absolute atomic E-state index is 8.54. The zero-order chi connectivity index (χ0) is 12.8. The van der Waals surface area contributed by atoms with Gasteiger partial charge in [-0.2, -0.15) is 0 Å². The predicted octanol–water partition coefficient (Wildman–Crippen LogP) is 1.30. The molecule has 0 heterocycles. The van der Waals surface area contributed by atoms with Crippen LogP contribution in [0.5, 0.6) is 5.75 Å². The fourth-order valence-electron chi connectivity index (χ4n) is 1.82. The third kappa shape index (κ3) is 3.37. The molecular formula is C13H19N3O2. The van der Waals surface area contributed by atoms with Crippen LogP contribution >= 0.6 is 0 Å². The molecule has 1 aliphatic carbocycles. The summed E-state index contributed by atoms with van der Waals surface area (Å²) in [6.45, 7) is 1.52. The molecule has 5 nitrogen and oxygen atoms in total. The highest BCUT2D eigenvalue weighted by molar-refractivity contribution is 5.97. The second-order valence-electron chi connectivity index (χ2n) is 4.44. The van der Waals surface area contributed by atoms with Crippen molar-refractivity contribution in [2.24, 2.45) is 10.9 Å². The maximum atomic E-state index is 8.54. The van der Waals surface area contributed by atoms with Gasteiger partial charge in [0.05, 0.1) is 0 Å². The first-order valence-corrected chi connectivity index (χ1v) is 6.24. The minimum atomic E-state index is 0.105. The van der Waals surface area contributed by atoms with Gasteiger partial charge in [-0.25, -0.2) is 0 Å². The van der Waals surface area contributed by atoms with Crippen LogP contribution in [0.1, 0.15) is 24.8 Å². The molecule has 0 atom stereocenters. The molecule has 0 aromatic heterocycles. The van der Waals surface area contributed by atoms with Gasteiger partial charge in [0.25, 0.3) is 0 Å². The van der Waals surface area contributed by atoms with Crippen molar-refractivity contribution in [3.8, 4) is 5.75 Å². The molecule has 0 amide bonds. The molecule has 0 radical (unpaired) electrons. The van der Waals surface area contributed by atoms with E-state index in [9.17, 15) is 0 Å². The smallest absolute Gasteiger partial charge is 0.170 e.